The minimum absolute atomic E-state index is 0.0656. The van der Waals surface area contributed by atoms with E-state index in [4.69, 9.17) is 5.26 Å². The summed E-state index contributed by atoms with van der Waals surface area (Å²) < 4.78 is 0. The van der Waals surface area contributed by atoms with Gasteiger partial charge in [0.2, 0.25) is 11.8 Å². The first kappa shape index (κ1) is 25.4. The lowest BCUT2D eigenvalue weighted by Gasteiger charge is -2.15. The molecule has 2 amide bonds. The number of rotatable bonds is 9. The normalized spacial score (nSPS) is 18.3. The van der Waals surface area contributed by atoms with E-state index in [0.717, 1.165) is 41.8 Å². The number of hydrogen-bond acceptors (Lipinski definition) is 6. The smallest absolute Gasteiger partial charge is 0.249 e. The number of aromatic nitrogens is 3. The van der Waals surface area contributed by atoms with Crippen molar-refractivity contribution in [2.75, 3.05) is 23.7 Å². The fourth-order valence-electron chi connectivity index (χ4n) is 4.67. The Kier molecular flexibility index (Phi) is 7.61. The van der Waals surface area contributed by atoms with Crippen molar-refractivity contribution in [3.05, 3.63) is 72.1 Å². The third-order valence-corrected chi connectivity index (χ3v) is 7.12. The summed E-state index contributed by atoms with van der Waals surface area (Å²) in [5, 5.41) is 22.1. The number of benzene rings is 1. The Bertz CT molecular complexity index is 1370. The molecule has 2 aliphatic rings. The Morgan fingerprint density at radius 3 is 2.79 bits per heavy atom. The summed E-state index contributed by atoms with van der Waals surface area (Å²) in [7, 11) is 0. The SMILES string of the molecule is CC(C(=O)Nc1cc(C2CC2)[nH]n1)c1cccc(-c2ccc(NC(=O)C=CCN3CCCC3C#N)nc2)c1. The molecule has 3 heterocycles. The number of hydrogen-bond donors (Lipinski definition) is 3. The summed E-state index contributed by atoms with van der Waals surface area (Å²) >= 11 is 0. The van der Waals surface area contributed by atoms with Gasteiger partial charge in [-0.3, -0.25) is 19.6 Å². The van der Waals surface area contributed by atoms with Crippen LogP contribution in [0.1, 0.15) is 55.7 Å². The van der Waals surface area contributed by atoms with Crippen LogP contribution in [0.4, 0.5) is 11.6 Å². The van der Waals surface area contributed by atoms with Gasteiger partial charge >= 0.3 is 0 Å². The van der Waals surface area contributed by atoms with Crippen LogP contribution < -0.4 is 10.6 Å². The summed E-state index contributed by atoms with van der Waals surface area (Å²) in [6.45, 7) is 3.33. The summed E-state index contributed by atoms with van der Waals surface area (Å²) in [4.78, 5) is 31.6. The fourth-order valence-corrected chi connectivity index (χ4v) is 4.67. The molecule has 1 saturated heterocycles. The van der Waals surface area contributed by atoms with Gasteiger partial charge in [0, 0.05) is 42.1 Å². The third-order valence-electron chi connectivity index (χ3n) is 7.12. The first-order valence-electron chi connectivity index (χ1n) is 13.0. The van der Waals surface area contributed by atoms with E-state index >= 15 is 0 Å². The van der Waals surface area contributed by atoms with Crippen LogP contribution in [0, 0.1) is 11.3 Å². The van der Waals surface area contributed by atoms with E-state index in [2.05, 4.69) is 36.8 Å². The predicted octanol–water partition coefficient (Wildman–Crippen LogP) is 4.57. The van der Waals surface area contributed by atoms with Gasteiger partial charge in [-0.25, -0.2) is 4.98 Å². The number of H-pyrrole nitrogens is 1. The van der Waals surface area contributed by atoms with Crippen LogP contribution in [0.15, 0.2) is 60.8 Å². The number of amides is 2. The van der Waals surface area contributed by atoms with Crippen LogP contribution in [0.5, 0.6) is 0 Å². The molecule has 3 aromatic rings. The minimum atomic E-state index is -0.363. The highest BCUT2D eigenvalue weighted by molar-refractivity contribution is 5.98. The van der Waals surface area contributed by atoms with E-state index in [1.165, 1.54) is 18.9 Å². The van der Waals surface area contributed by atoms with Crippen molar-refractivity contribution in [2.45, 2.75) is 50.5 Å². The maximum absolute atomic E-state index is 12.8. The Hall–Kier alpha value is -4.29. The monoisotopic (exact) mass is 509 g/mol. The zero-order chi connectivity index (χ0) is 26.5. The first-order chi connectivity index (χ1) is 18.5. The van der Waals surface area contributed by atoms with E-state index in [-0.39, 0.29) is 23.8 Å². The quantitative estimate of drug-likeness (QED) is 0.363. The number of anilines is 2. The number of carbonyl (C=O) groups is 2. The second-order valence-electron chi connectivity index (χ2n) is 9.92. The van der Waals surface area contributed by atoms with Gasteiger partial charge in [0.25, 0.3) is 0 Å². The maximum atomic E-state index is 12.8. The lowest BCUT2D eigenvalue weighted by atomic mass is 9.96. The van der Waals surface area contributed by atoms with E-state index in [1.54, 1.807) is 18.3 Å². The molecule has 2 aromatic heterocycles. The highest BCUT2D eigenvalue weighted by Gasteiger charge is 2.26. The Labute approximate surface area is 222 Å². The van der Waals surface area contributed by atoms with Crippen LogP contribution in [0.3, 0.4) is 0 Å². The minimum Gasteiger partial charge on any atom is -0.309 e. The topological polar surface area (TPSA) is 127 Å². The van der Waals surface area contributed by atoms with Crippen molar-refractivity contribution in [1.29, 1.82) is 5.26 Å². The predicted molar refractivity (Wildman–Crippen MR) is 145 cm³/mol. The molecule has 2 unspecified atom stereocenters. The average Bonchev–Trinajstić information content (AvgIpc) is 3.51. The number of pyridine rings is 1. The van der Waals surface area contributed by atoms with E-state index in [0.29, 0.717) is 24.1 Å². The van der Waals surface area contributed by atoms with Gasteiger partial charge in [0.05, 0.1) is 18.0 Å². The van der Waals surface area contributed by atoms with Crippen molar-refractivity contribution in [2.24, 2.45) is 0 Å². The molecule has 0 bridgehead atoms. The van der Waals surface area contributed by atoms with Gasteiger partial charge in [0.15, 0.2) is 5.82 Å². The third kappa shape index (κ3) is 6.15. The van der Waals surface area contributed by atoms with Crippen LogP contribution in [-0.4, -0.2) is 51.0 Å². The largest absolute Gasteiger partial charge is 0.309 e. The van der Waals surface area contributed by atoms with Crippen LogP contribution >= 0.6 is 0 Å². The number of likely N-dealkylation sites (tertiary alicyclic amines) is 1. The van der Waals surface area contributed by atoms with E-state index in [9.17, 15) is 9.59 Å². The van der Waals surface area contributed by atoms with E-state index < -0.39 is 0 Å². The zero-order valence-electron chi connectivity index (χ0n) is 21.4. The molecule has 1 aliphatic heterocycles. The molecule has 0 spiro atoms. The number of carbonyl (C=O) groups excluding carboxylic acids is 2. The van der Waals surface area contributed by atoms with Gasteiger partial charge in [-0.05, 0) is 62.4 Å². The van der Waals surface area contributed by atoms with Crippen LogP contribution in [0.2, 0.25) is 0 Å². The van der Waals surface area contributed by atoms with Crippen LogP contribution in [-0.2, 0) is 9.59 Å². The van der Waals surface area contributed by atoms with Crippen molar-refractivity contribution < 1.29 is 9.59 Å². The molecule has 9 heteroatoms. The van der Waals surface area contributed by atoms with Crippen molar-refractivity contribution in [1.82, 2.24) is 20.1 Å². The molecule has 194 valence electrons. The lowest BCUT2D eigenvalue weighted by Crippen LogP contribution is -2.28. The molecule has 5 rings (SSSR count). The van der Waals surface area contributed by atoms with Crippen molar-refractivity contribution >= 4 is 23.5 Å². The Morgan fingerprint density at radius 2 is 2.03 bits per heavy atom. The van der Waals surface area contributed by atoms with E-state index in [1.807, 2.05) is 43.3 Å². The zero-order valence-corrected chi connectivity index (χ0v) is 21.4. The van der Waals surface area contributed by atoms with Crippen molar-refractivity contribution in [3.8, 4) is 17.2 Å². The standard InChI is InChI=1S/C29H31N7O2/c1-19(29(38)33-27-16-25(34-35-27)20-9-10-20)21-5-2-6-22(15-21)23-11-12-26(31-18-23)32-28(37)8-4-14-36-13-3-7-24(36)17-30/h2,4-6,8,11-12,15-16,18-20,24H,3,7,9-10,13-14H2,1H3,(H,31,32,37)(H2,33,34,35,38). The summed E-state index contributed by atoms with van der Waals surface area (Å²) in [5.74, 6) is 0.810. The molecule has 1 aliphatic carbocycles. The summed E-state index contributed by atoms with van der Waals surface area (Å²) in [6, 6.07) is 15.6. The molecular weight excluding hydrogens is 478 g/mol. The molecule has 3 N–H and O–H groups in total. The van der Waals surface area contributed by atoms with Crippen LogP contribution in [0.25, 0.3) is 11.1 Å². The molecule has 2 fully saturated rings. The second kappa shape index (κ2) is 11.4. The second-order valence-corrected chi connectivity index (χ2v) is 9.92. The summed E-state index contributed by atoms with van der Waals surface area (Å²) in [5.41, 5.74) is 3.78. The van der Waals surface area contributed by atoms with Gasteiger partial charge in [0.1, 0.15) is 5.82 Å². The first-order valence-corrected chi connectivity index (χ1v) is 13.0. The average molecular weight is 510 g/mol. The number of nitrogens with zero attached hydrogens (tertiary/aromatic N) is 4. The lowest BCUT2D eigenvalue weighted by molar-refractivity contribution is -0.117. The molecule has 0 radical (unpaired) electrons. The Balaban J connectivity index is 1.16. The maximum Gasteiger partial charge on any atom is 0.249 e. The van der Waals surface area contributed by atoms with Gasteiger partial charge in [-0.1, -0.05) is 30.3 Å². The summed E-state index contributed by atoms with van der Waals surface area (Å²) in [6.07, 6.45) is 9.19. The molecular formula is C29H31N7O2. The molecule has 38 heavy (non-hydrogen) atoms. The van der Waals surface area contributed by atoms with Gasteiger partial charge in [-0.15, -0.1) is 0 Å². The van der Waals surface area contributed by atoms with Gasteiger partial charge < -0.3 is 10.6 Å². The Morgan fingerprint density at radius 1 is 1.16 bits per heavy atom. The number of nitrogens with one attached hydrogen (secondary N) is 3. The number of aromatic amines is 1. The molecule has 9 nitrogen and oxygen atoms in total. The highest BCUT2D eigenvalue weighted by atomic mass is 16.2. The molecule has 1 aromatic carbocycles. The highest BCUT2D eigenvalue weighted by Crippen LogP contribution is 2.39. The number of nitriles is 1. The van der Waals surface area contributed by atoms with Gasteiger partial charge in [-0.2, -0.15) is 10.4 Å². The van der Waals surface area contributed by atoms with Crippen molar-refractivity contribution in [3.63, 3.8) is 0 Å². The molecule has 1 saturated carbocycles. The fraction of sp³-hybridized carbons (Fsp3) is 0.345. The molecule has 2 atom stereocenters.